The number of nitrogens with zero attached hydrogens (tertiary/aromatic N) is 1. The average Bonchev–Trinajstić information content (AvgIpc) is 3.53. The van der Waals surface area contributed by atoms with Crippen molar-refractivity contribution in [3.8, 4) is 22.3 Å². The minimum absolute atomic E-state index is 0. The van der Waals surface area contributed by atoms with Crippen molar-refractivity contribution in [2.45, 2.75) is 39.3 Å². The summed E-state index contributed by atoms with van der Waals surface area (Å²) in [6, 6.07) is 46.9. The molecule has 6 aromatic rings. The van der Waals surface area contributed by atoms with Gasteiger partial charge in [0.2, 0.25) is 0 Å². The van der Waals surface area contributed by atoms with Gasteiger partial charge in [-0.05, 0) is 0 Å². The van der Waals surface area contributed by atoms with Crippen molar-refractivity contribution in [2.75, 3.05) is 0 Å². The van der Waals surface area contributed by atoms with E-state index in [0.717, 1.165) is 0 Å². The van der Waals surface area contributed by atoms with Gasteiger partial charge in [0.15, 0.2) is 0 Å². The molecule has 0 aliphatic heterocycles. The predicted octanol–water partition coefficient (Wildman–Crippen LogP) is 11.5. The smallest absolute Gasteiger partial charge is 0.668 e. The minimum Gasteiger partial charge on any atom is -0.668 e. The molecule has 0 saturated carbocycles. The van der Waals surface area contributed by atoms with Gasteiger partial charge < -0.3 is 4.65 Å². The zero-order chi connectivity index (χ0) is 27.9. The Bertz CT molecular complexity index is 1400. The van der Waals surface area contributed by atoms with Crippen LogP contribution in [0.1, 0.15) is 0 Å². The van der Waals surface area contributed by atoms with Crippen LogP contribution in [-0.4, -0.2) is 16.5 Å². The van der Waals surface area contributed by atoms with Crippen LogP contribution in [0.2, 0.25) is 39.3 Å². The SMILES string of the molecule is C[Si](C)(C)[N-][Si](C)(C)C.[Gd+3].c1ccc(-c2cc3ccccc3[cH-]2)cc1.c1ccc(-c2cc3ccccc3[cH-]2)cc1. The normalized spacial score (nSPS) is 11.2. The number of hydrogen-bond donors (Lipinski definition) is 0. The molecule has 6 rings (SSSR count). The van der Waals surface area contributed by atoms with E-state index in [2.05, 4.69) is 161 Å². The number of benzene rings is 4. The Labute approximate surface area is 275 Å². The molecule has 0 unspecified atom stereocenters. The Morgan fingerprint density at radius 2 is 0.775 bits per heavy atom. The fourth-order valence-electron chi connectivity index (χ4n) is 4.90. The third-order valence-electron chi connectivity index (χ3n) is 6.12. The minimum atomic E-state index is -1.11. The summed E-state index contributed by atoms with van der Waals surface area (Å²) in [7, 11) is -2.21. The van der Waals surface area contributed by atoms with Crippen LogP contribution in [0.5, 0.6) is 0 Å². The van der Waals surface area contributed by atoms with Crippen LogP contribution in [0.4, 0.5) is 0 Å². The molecule has 4 heteroatoms. The van der Waals surface area contributed by atoms with E-state index in [0.29, 0.717) is 0 Å². The van der Waals surface area contributed by atoms with Crippen LogP contribution in [0.25, 0.3) is 48.4 Å². The monoisotopic (exact) mass is 700 g/mol. The Hall–Kier alpha value is -2.18. The van der Waals surface area contributed by atoms with Crippen molar-refractivity contribution in [1.82, 2.24) is 0 Å². The summed E-state index contributed by atoms with van der Waals surface area (Å²) >= 11 is 0. The van der Waals surface area contributed by atoms with E-state index in [1.54, 1.807) is 0 Å². The molecular formula is C36H40GdNSi2. The number of fused-ring (bicyclic) bond motifs is 2. The summed E-state index contributed by atoms with van der Waals surface area (Å²) in [5, 5.41) is 5.26. The topological polar surface area (TPSA) is 14.1 Å². The Morgan fingerprint density at radius 1 is 0.450 bits per heavy atom. The second-order valence-electron chi connectivity index (χ2n) is 11.9. The van der Waals surface area contributed by atoms with Crippen molar-refractivity contribution in [3.05, 3.63) is 138 Å². The van der Waals surface area contributed by atoms with Gasteiger partial charge in [0.05, 0.1) is 0 Å². The van der Waals surface area contributed by atoms with Gasteiger partial charge in [0.25, 0.3) is 0 Å². The maximum absolute atomic E-state index is 4.82. The van der Waals surface area contributed by atoms with E-state index in [1.165, 1.54) is 43.8 Å². The predicted molar refractivity (Wildman–Crippen MR) is 180 cm³/mol. The molecule has 40 heavy (non-hydrogen) atoms. The molecular weight excluding hydrogens is 660 g/mol. The van der Waals surface area contributed by atoms with Gasteiger partial charge in [0, 0.05) is 0 Å². The van der Waals surface area contributed by atoms with Crippen LogP contribution in [-0.2, 0) is 0 Å². The molecule has 0 fully saturated rings. The van der Waals surface area contributed by atoms with Gasteiger partial charge in [-0.3, -0.25) is 0 Å². The van der Waals surface area contributed by atoms with Crippen LogP contribution in [0.15, 0.2) is 133 Å². The van der Waals surface area contributed by atoms with Crippen molar-refractivity contribution < 1.29 is 39.9 Å². The summed E-state index contributed by atoms with van der Waals surface area (Å²) < 4.78 is 4.82. The van der Waals surface area contributed by atoms with E-state index in [9.17, 15) is 0 Å². The van der Waals surface area contributed by atoms with E-state index in [-0.39, 0.29) is 39.9 Å². The Kier molecular flexibility index (Phi) is 11.8. The Balaban J connectivity index is 0.000000170. The summed E-state index contributed by atoms with van der Waals surface area (Å²) in [6.45, 7) is 13.8. The maximum atomic E-state index is 4.82. The fraction of sp³-hybridized carbons (Fsp3) is 0.167. The molecule has 0 heterocycles. The molecule has 0 aliphatic carbocycles. The van der Waals surface area contributed by atoms with Crippen molar-refractivity contribution in [3.63, 3.8) is 0 Å². The van der Waals surface area contributed by atoms with Crippen LogP contribution in [0.3, 0.4) is 0 Å². The van der Waals surface area contributed by atoms with Gasteiger partial charge in [-0.1, -0.05) is 164 Å². The quantitative estimate of drug-likeness (QED) is 0.128. The van der Waals surface area contributed by atoms with Gasteiger partial charge in [-0.15, -0.1) is 69.1 Å². The average molecular weight is 700 g/mol. The molecule has 0 N–H and O–H groups in total. The molecule has 1 nitrogen and oxygen atoms in total. The van der Waals surface area contributed by atoms with Gasteiger partial charge in [0.1, 0.15) is 0 Å². The van der Waals surface area contributed by atoms with Crippen LogP contribution in [0, 0.1) is 39.9 Å². The van der Waals surface area contributed by atoms with Crippen molar-refractivity contribution >= 4 is 38.0 Å². The molecule has 0 aliphatic rings. The first-order valence-corrected chi connectivity index (χ1v) is 20.6. The third kappa shape index (κ3) is 10.0. The number of rotatable bonds is 4. The molecule has 0 bridgehead atoms. The van der Waals surface area contributed by atoms with Crippen LogP contribution >= 0.6 is 0 Å². The van der Waals surface area contributed by atoms with Crippen LogP contribution < -0.4 is 0 Å². The standard InChI is InChI=1S/2C15H11.C6H18NSi2.Gd/c2*1-2-6-12(7-3-1)15-10-13-8-4-5-9-14(13)11-15;1-8(2,3)7-9(4,5)6;/h2*1-11H;1-6H3;/q3*-1;+3. The third-order valence-corrected chi connectivity index (χ3v) is 11.5. The molecule has 205 valence electrons. The van der Waals surface area contributed by atoms with Crippen molar-refractivity contribution in [2.24, 2.45) is 0 Å². The van der Waals surface area contributed by atoms with Crippen molar-refractivity contribution in [1.29, 1.82) is 0 Å². The van der Waals surface area contributed by atoms with E-state index in [1.807, 2.05) is 12.1 Å². The first-order chi connectivity index (χ1) is 18.6. The molecule has 0 amide bonds. The first kappa shape index (κ1) is 32.3. The summed E-state index contributed by atoms with van der Waals surface area (Å²) in [5.41, 5.74) is 5.18. The van der Waals surface area contributed by atoms with E-state index in [4.69, 9.17) is 4.65 Å². The Morgan fingerprint density at radius 3 is 1.07 bits per heavy atom. The molecule has 0 atom stereocenters. The maximum Gasteiger partial charge on any atom is 3.00 e. The van der Waals surface area contributed by atoms with Gasteiger partial charge in [-0.2, -0.15) is 0 Å². The number of hydrogen-bond acceptors (Lipinski definition) is 0. The molecule has 0 saturated heterocycles. The fourth-order valence-corrected chi connectivity index (χ4v) is 13.0. The van der Waals surface area contributed by atoms with Gasteiger partial charge in [-0.25, -0.2) is 0 Å². The summed E-state index contributed by atoms with van der Waals surface area (Å²) in [4.78, 5) is 0. The molecule has 0 spiro atoms. The zero-order valence-corrected chi connectivity index (χ0v) is 28.8. The van der Waals surface area contributed by atoms with E-state index < -0.39 is 16.5 Å². The molecule has 6 aromatic carbocycles. The second kappa shape index (κ2) is 14.6. The zero-order valence-electron chi connectivity index (χ0n) is 24.5. The van der Waals surface area contributed by atoms with E-state index >= 15 is 0 Å². The summed E-state index contributed by atoms with van der Waals surface area (Å²) in [6.07, 6.45) is 0. The molecule has 1 radical (unpaired) electrons. The second-order valence-corrected chi connectivity index (χ2v) is 21.5. The summed E-state index contributed by atoms with van der Waals surface area (Å²) in [5.74, 6) is 0. The molecule has 0 aromatic heterocycles. The first-order valence-electron chi connectivity index (χ1n) is 13.7. The van der Waals surface area contributed by atoms with Gasteiger partial charge >= 0.3 is 39.9 Å². The largest absolute Gasteiger partial charge is 3.00 e.